The molecule has 2 aromatic carbocycles. The summed E-state index contributed by atoms with van der Waals surface area (Å²) in [6, 6.07) is 11.6. The zero-order valence-corrected chi connectivity index (χ0v) is 35.8. The smallest absolute Gasteiger partial charge is 0.407 e. The van der Waals surface area contributed by atoms with Crippen LogP contribution in [0.5, 0.6) is 0 Å². The van der Waals surface area contributed by atoms with Crippen molar-refractivity contribution in [2.75, 3.05) is 45.7 Å². The minimum Gasteiger partial charge on any atom is -0.453 e. The third-order valence-electron chi connectivity index (χ3n) is 8.77. The van der Waals surface area contributed by atoms with Crippen LogP contribution in [0.15, 0.2) is 48.8 Å². The molecule has 1 aliphatic rings. The van der Waals surface area contributed by atoms with Gasteiger partial charge in [-0.05, 0) is 48.9 Å². The van der Waals surface area contributed by atoms with Gasteiger partial charge in [-0.1, -0.05) is 78.6 Å². The fraction of sp³-hybridized carbons (Fsp3) is 0.465. The Hall–Kier alpha value is -6.19. The number of aromatic nitrogens is 4. The number of carbonyl (C=O) groups excluding carboxylic acids is 5. The third-order valence-corrected chi connectivity index (χ3v) is 8.77. The van der Waals surface area contributed by atoms with Crippen LogP contribution in [0.1, 0.15) is 100 Å². The summed E-state index contributed by atoms with van der Waals surface area (Å²) in [6.45, 7) is 13.5. The molecule has 0 atom stereocenters. The predicted molar refractivity (Wildman–Crippen MR) is 228 cm³/mol. The molecule has 5 N–H and O–H groups in total. The molecule has 0 saturated heterocycles. The molecule has 0 fully saturated rings. The van der Waals surface area contributed by atoms with Crippen molar-refractivity contribution in [1.82, 2.24) is 40.4 Å². The number of ether oxygens (including phenoxy) is 2. The Bertz CT molecular complexity index is 1990. The van der Waals surface area contributed by atoms with E-state index in [0.717, 1.165) is 40.8 Å². The molecular weight excluding hydrogens is 755 g/mol. The van der Waals surface area contributed by atoms with Gasteiger partial charge in [0.05, 0.1) is 51.1 Å². The second-order valence-corrected chi connectivity index (χ2v) is 13.9. The average molecular weight is 816 g/mol. The number of anilines is 1. The van der Waals surface area contributed by atoms with E-state index in [1.54, 1.807) is 22.2 Å². The zero-order chi connectivity index (χ0) is 43.3. The molecule has 0 unspecified atom stereocenters. The van der Waals surface area contributed by atoms with Crippen LogP contribution in [0.25, 0.3) is 22.5 Å². The highest BCUT2D eigenvalue weighted by atomic mass is 16.5. The monoisotopic (exact) mass is 815 g/mol. The molecule has 0 radical (unpaired) electrons. The van der Waals surface area contributed by atoms with Crippen molar-refractivity contribution in [3.8, 4) is 22.5 Å². The molecular formula is C43H61N9O7. The Morgan fingerprint density at radius 2 is 1.12 bits per heavy atom. The third kappa shape index (κ3) is 14.3. The van der Waals surface area contributed by atoms with Crippen molar-refractivity contribution >= 4 is 35.6 Å². The van der Waals surface area contributed by atoms with Crippen molar-refractivity contribution in [1.29, 1.82) is 0 Å². The summed E-state index contributed by atoms with van der Waals surface area (Å²) in [5, 5.41) is 7.95. The van der Waals surface area contributed by atoms with Crippen molar-refractivity contribution in [2.45, 2.75) is 93.2 Å². The van der Waals surface area contributed by atoms with Gasteiger partial charge in [-0.25, -0.2) is 19.6 Å². The van der Waals surface area contributed by atoms with Gasteiger partial charge in [0.2, 0.25) is 11.8 Å². The number of amides is 5. The Labute approximate surface area is 347 Å². The second-order valence-electron chi connectivity index (χ2n) is 13.9. The predicted octanol–water partition coefficient (Wildman–Crippen LogP) is 6.84. The minimum atomic E-state index is -0.678. The lowest BCUT2D eigenvalue weighted by atomic mass is 9.93. The number of aromatic amines is 2. The first-order chi connectivity index (χ1) is 28.4. The lowest BCUT2D eigenvalue weighted by Gasteiger charge is -2.21. The molecule has 0 spiro atoms. The summed E-state index contributed by atoms with van der Waals surface area (Å²) >= 11 is 0. The lowest BCUT2D eigenvalue weighted by molar-refractivity contribution is -0.131. The van der Waals surface area contributed by atoms with E-state index in [9.17, 15) is 24.0 Å². The van der Waals surface area contributed by atoms with Gasteiger partial charge in [-0.3, -0.25) is 14.4 Å². The van der Waals surface area contributed by atoms with Gasteiger partial charge >= 0.3 is 12.2 Å². The molecule has 0 aliphatic carbocycles. The van der Waals surface area contributed by atoms with Crippen LogP contribution in [0.4, 0.5) is 15.3 Å². The number of aryl methyl sites for hydroxylation is 2. The standard InChI is InChI=1S/C37H45N9O7.2C3H8/c1-5-13-45(33(47)19-40-36(50)52-3)21-31-38-17-29(42-31)25-11-8-23-7-9-24-10-12-26(16-28(24)44-35(49)27(23)15-25)30-18-39-32(43-30)22-46(14-6-2)34(48)20-41-37(51)53-4;2*1-3-2/h8,10-12,15-18H,5-7,9,13-14,19-22H2,1-4H3,(H,38,42)(H,39,43)(H,40,50)(H,41,51)(H,44,49);2*3H2,1-2H3. The van der Waals surface area contributed by atoms with Gasteiger partial charge in [-0.2, -0.15) is 0 Å². The number of benzene rings is 2. The Morgan fingerprint density at radius 3 is 1.58 bits per heavy atom. The van der Waals surface area contributed by atoms with E-state index in [1.165, 1.54) is 27.1 Å². The first-order valence-electron chi connectivity index (χ1n) is 20.3. The van der Waals surface area contributed by atoms with E-state index in [2.05, 4.69) is 73.1 Å². The number of nitrogens with one attached hydrogen (secondary N) is 5. The van der Waals surface area contributed by atoms with E-state index in [0.29, 0.717) is 54.5 Å². The fourth-order valence-corrected chi connectivity index (χ4v) is 6.04. The number of hydrogen-bond acceptors (Lipinski definition) is 9. The molecule has 5 amide bonds. The number of nitrogens with zero attached hydrogens (tertiary/aromatic N) is 4. The second kappa shape index (κ2) is 24.6. The summed E-state index contributed by atoms with van der Waals surface area (Å²) in [5.41, 5.74) is 6.19. The van der Waals surface area contributed by atoms with Crippen LogP contribution < -0.4 is 16.0 Å². The molecule has 59 heavy (non-hydrogen) atoms. The van der Waals surface area contributed by atoms with E-state index in [1.807, 2.05) is 50.2 Å². The normalized spacial score (nSPS) is 11.4. The summed E-state index contributed by atoms with van der Waals surface area (Å²) in [7, 11) is 2.48. The van der Waals surface area contributed by atoms with Crippen LogP contribution in [0.3, 0.4) is 0 Å². The Kier molecular flexibility index (Phi) is 19.6. The van der Waals surface area contributed by atoms with E-state index < -0.39 is 12.2 Å². The molecule has 16 heteroatoms. The van der Waals surface area contributed by atoms with E-state index >= 15 is 0 Å². The molecule has 5 rings (SSSR count). The number of fused-ring (bicyclic) bond motifs is 2. The average Bonchev–Trinajstić information content (AvgIpc) is 3.91. The molecule has 0 saturated carbocycles. The van der Waals surface area contributed by atoms with Crippen molar-refractivity contribution in [2.24, 2.45) is 0 Å². The highest BCUT2D eigenvalue weighted by molar-refractivity contribution is 6.07. The number of rotatable bonds is 14. The SMILES string of the molecule is CCC.CCC.CCCN(Cc1ncc(-c2ccc3c(c2)NC(=O)c2cc(-c4cnc(CN(CCC)C(=O)CNC(=O)OC)[nH]4)ccc2CC3)[nH]1)C(=O)CNC(=O)OC. The molecule has 2 aromatic heterocycles. The molecule has 3 heterocycles. The van der Waals surface area contributed by atoms with Gasteiger partial charge in [0.1, 0.15) is 24.7 Å². The summed E-state index contributed by atoms with van der Waals surface area (Å²) in [6.07, 6.45) is 7.35. The van der Waals surface area contributed by atoms with Crippen molar-refractivity contribution in [3.63, 3.8) is 0 Å². The first-order valence-corrected chi connectivity index (χ1v) is 20.3. The maximum atomic E-state index is 13.7. The van der Waals surface area contributed by atoms with Crippen molar-refractivity contribution in [3.05, 3.63) is 77.1 Å². The van der Waals surface area contributed by atoms with Crippen LogP contribution in [-0.2, 0) is 45.0 Å². The summed E-state index contributed by atoms with van der Waals surface area (Å²) < 4.78 is 9.12. The van der Waals surface area contributed by atoms with E-state index in [-0.39, 0.29) is 43.9 Å². The maximum Gasteiger partial charge on any atom is 0.407 e. The highest BCUT2D eigenvalue weighted by Crippen LogP contribution is 2.30. The number of imidazole rings is 2. The lowest BCUT2D eigenvalue weighted by Crippen LogP contribution is -2.40. The number of alkyl carbamates (subject to hydrolysis) is 2. The van der Waals surface area contributed by atoms with Gasteiger partial charge < -0.3 is 45.2 Å². The number of hydrogen-bond donors (Lipinski definition) is 5. The maximum absolute atomic E-state index is 13.7. The summed E-state index contributed by atoms with van der Waals surface area (Å²) in [5.74, 6) is 0.393. The molecule has 0 bridgehead atoms. The van der Waals surface area contributed by atoms with Crippen LogP contribution >= 0.6 is 0 Å². The molecule has 4 aromatic rings. The van der Waals surface area contributed by atoms with E-state index in [4.69, 9.17) is 0 Å². The van der Waals surface area contributed by atoms with Crippen LogP contribution in [-0.4, -0.2) is 100 Å². The number of methoxy groups -OCH3 is 2. The van der Waals surface area contributed by atoms with Crippen molar-refractivity contribution < 1.29 is 33.4 Å². The quantitative estimate of drug-likeness (QED) is 0.0903. The highest BCUT2D eigenvalue weighted by Gasteiger charge is 2.22. The first kappa shape index (κ1) is 47.2. The Balaban J connectivity index is 0.00000146. The van der Waals surface area contributed by atoms with Gasteiger partial charge in [0.15, 0.2) is 0 Å². The minimum absolute atomic E-state index is 0.183. The fourth-order valence-electron chi connectivity index (χ4n) is 6.04. The topological polar surface area (TPSA) is 204 Å². The number of H-pyrrole nitrogens is 2. The van der Waals surface area contributed by atoms with Crippen LogP contribution in [0, 0.1) is 0 Å². The molecule has 320 valence electrons. The van der Waals surface area contributed by atoms with Gasteiger partial charge in [0.25, 0.3) is 5.91 Å². The zero-order valence-electron chi connectivity index (χ0n) is 35.8. The molecule has 16 nitrogen and oxygen atoms in total. The Morgan fingerprint density at radius 1 is 0.678 bits per heavy atom. The number of carbonyl (C=O) groups is 5. The van der Waals surface area contributed by atoms with Crippen LogP contribution in [0.2, 0.25) is 0 Å². The summed E-state index contributed by atoms with van der Waals surface area (Å²) in [4.78, 5) is 80.9. The van der Waals surface area contributed by atoms with Gasteiger partial charge in [0, 0.05) is 35.5 Å². The molecule has 1 aliphatic heterocycles. The van der Waals surface area contributed by atoms with Gasteiger partial charge in [-0.15, -0.1) is 0 Å². The largest absolute Gasteiger partial charge is 0.453 e.